The zero-order valence-corrected chi connectivity index (χ0v) is 13.1. The number of halogens is 1. The second-order valence-electron chi connectivity index (χ2n) is 5.99. The van der Waals surface area contributed by atoms with Gasteiger partial charge in [0.15, 0.2) is 0 Å². The van der Waals surface area contributed by atoms with Crippen LogP contribution in [0.5, 0.6) is 0 Å². The summed E-state index contributed by atoms with van der Waals surface area (Å²) in [4.78, 5) is 0. The van der Waals surface area contributed by atoms with Crippen LogP contribution in [0.25, 0.3) is 0 Å². The van der Waals surface area contributed by atoms with Gasteiger partial charge in [-0.3, -0.25) is 11.3 Å². The summed E-state index contributed by atoms with van der Waals surface area (Å²) in [5.41, 5.74) is 4.45. The second-order valence-corrected chi connectivity index (χ2v) is 5.99. The van der Waals surface area contributed by atoms with Crippen molar-refractivity contribution in [1.29, 1.82) is 0 Å². The van der Waals surface area contributed by atoms with E-state index in [1.54, 1.807) is 6.07 Å². The highest BCUT2D eigenvalue weighted by molar-refractivity contribution is 5.28. The molecule has 3 nitrogen and oxygen atoms in total. The van der Waals surface area contributed by atoms with E-state index >= 15 is 0 Å². The van der Waals surface area contributed by atoms with Crippen molar-refractivity contribution >= 4 is 0 Å². The summed E-state index contributed by atoms with van der Waals surface area (Å²) >= 11 is 0. The van der Waals surface area contributed by atoms with Crippen molar-refractivity contribution in [1.82, 2.24) is 5.43 Å². The first kappa shape index (κ1) is 16.4. The van der Waals surface area contributed by atoms with Crippen molar-refractivity contribution in [3.63, 3.8) is 0 Å². The minimum Gasteiger partial charge on any atom is -0.376 e. The third-order valence-electron chi connectivity index (χ3n) is 4.47. The predicted molar refractivity (Wildman–Crippen MR) is 83.2 cm³/mol. The van der Waals surface area contributed by atoms with Gasteiger partial charge in [-0.05, 0) is 38.7 Å². The number of hydrogen-bond acceptors (Lipinski definition) is 3. The zero-order chi connectivity index (χ0) is 15.2. The monoisotopic (exact) mass is 294 g/mol. The normalized spacial score (nSPS) is 19.4. The van der Waals surface area contributed by atoms with Gasteiger partial charge in [-0.25, -0.2) is 4.39 Å². The molecule has 1 aromatic rings. The lowest BCUT2D eigenvalue weighted by atomic mass is 9.81. The molecule has 0 aliphatic heterocycles. The fourth-order valence-corrected chi connectivity index (χ4v) is 3.42. The molecule has 2 atom stereocenters. The Hall–Kier alpha value is -0.970. The lowest BCUT2D eigenvalue weighted by Crippen LogP contribution is -2.43. The molecule has 2 unspecified atom stereocenters. The van der Waals surface area contributed by atoms with E-state index in [-0.39, 0.29) is 18.0 Å². The van der Waals surface area contributed by atoms with Crippen LogP contribution in [0.4, 0.5) is 4.39 Å². The highest BCUT2D eigenvalue weighted by atomic mass is 19.1. The van der Waals surface area contributed by atoms with Crippen LogP contribution in [0.15, 0.2) is 18.2 Å². The van der Waals surface area contributed by atoms with E-state index in [1.165, 1.54) is 25.3 Å². The van der Waals surface area contributed by atoms with E-state index in [2.05, 4.69) is 5.43 Å². The molecule has 0 heterocycles. The molecule has 1 aliphatic carbocycles. The minimum absolute atomic E-state index is 0.0726. The molecule has 1 fully saturated rings. The number of hydrazine groups is 1. The highest BCUT2D eigenvalue weighted by Gasteiger charge is 2.33. The first-order valence-corrected chi connectivity index (χ1v) is 8.01. The molecule has 1 aliphatic rings. The average molecular weight is 294 g/mol. The number of benzene rings is 1. The summed E-state index contributed by atoms with van der Waals surface area (Å²) in [7, 11) is 0. The fraction of sp³-hybridized carbons (Fsp3) is 0.647. The van der Waals surface area contributed by atoms with E-state index in [9.17, 15) is 4.39 Å². The molecule has 0 bridgehead atoms. The molecular weight excluding hydrogens is 267 g/mol. The van der Waals surface area contributed by atoms with Crippen LogP contribution in [0, 0.1) is 18.7 Å². The number of rotatable bonds is 6. The quantitative estimate of drug-likeness (QED) is 0.622. The summed E-state index contributed by atoms with van der Waals surface area (Å²) in [6, 6.07) is 4.86. The second kappa shape index (κ2) is 7.87. The molecule has 3 N–H and O–H groups in total. The van der Waals surface area contributed by atoms with E-state index in [1.807, 2.05) is 19.9 Å². The molecule has 118 valence electrons. The molecule has 0 saturated heterocycles. The van der Waals surface area contributed by atoms with Crippen LogP contribution in [-0.2, 0) is 4.74 Å². The van der Waals surface area contributed by atoms with Crippen molar-refractivity contribution in [2.75, 3.05) is 6.61 Å². The summed E-state index contributed by atoms with van der Waals surface area (Å²) in [6.45, 7) is 4.57. The van der Waals surface area contributed by atoms with E-state index in [0.29, 0.717) is 18.1 Å². The number of nitrogens with one attached hydrogen (secondary N) is 1. The smallest absolute Gasteiger partial charge is 0.128 e. The minimum atomic E-state index is -0.298. The Morgan fingerprint density at radius 2 is 2.05 bits per heavy atom. The largest absolute Gasteiger partial charge is 0.376 e. The predicted octanol–water partition coefficient (Wildman–Crippen LogP) is 3.62. The Bertz CT molecular complexity index is 446. The summed E-state index contributed by atoms with van der Waals surface area (Å²) in [5.74, 6) is 5.99. The Morgan fingerprint density at radius 1 is 1.33 bits per heavy atom. The fourth-order valence-electron chi connectivity index (χ4n) is 3.42. The maximum absolute atomic E-state index is 14.2. The lowest BCUT2D eigenvalue weighted by molar-refractivity contribution is -0.0191. The number of ether oxygens (including phenoxy) is 1. The van der Waals surface area contributed by atoms with Crippen LogP contribution in [0.1, 0.15) is 56.2 Å². The first-order chi connectivity index (χ1) is 10.2. The summed E-state index contributed by atoms with van der Waals surface area (Å²) < 4.78 is 20.2. The van der Waals surface area contributed by atoms with Crippen LogP contribution in [0.3, 0.4) is 0 Å². The lowest BCUT2D eigenvalue weighted by Gasteiger charge is -2.35. The van der Waals surface area contributed by atoms with Crippen molar-refractivity contribution in [2.45, 2.75) is 58.1 Å². The zero-order valence-electron chi connectivity index (χ0n) is 13.1. The molecule has 0 aromatic heterocycles. The topological polar surface area (TPSA) is 47.3 Å². The van der Waals surface area contributed by atoms with Crippen LogP contribution >= 0.6 is 0 Å². The van der Waals surface area contributed by atoms with Crippen LogP contribution in [0.2, 0.25) is 0 Å². The van der Waals surface area contributed by atoms with E-state index in [0.717, 1.165) is 18.4 Å². The molecule has 0 radical (unpaired) electrons. The van der Waals surface area contributed by atoms with Gasteiger partial charge in [0, 0.05) is 12.2 Å². The third-order valence-corrected chi connectivity index (χ3v) is 4.47. The number of aryl methyl sites for hydroxylation is 1. The van der Waals surface area contributed by atoms with Gasteiger partial charge in [0.25, 0.3) is 0 Å². The Kier molecular flexibility index (Phi) is 6.15. The average Bonchev–Trinajstić information content (AvgIpc) is 2.51. The van der Waals surface area contributed by atoms with Gasteiger partial charge >= 0.3 is 0 Å². The number of hydrogen-bond donors (Lipinski definition) is 2. The summed E-state index contributed by atoms with van der Waals surface area (Å²) in [6.07, 6.45) is 5.93. The molecule has 4 heteroatoms. The Morgan fingerprint density at radius 3 is 2.67 bits per heavy atom. The number of nitrogens with two attached hydrogens (primary N) is 1. The van der Waals surface area contributed by atoms with E-state index in [4.69, 9.17) is 10.6 Å². The van der Waals surface area contributed by atoms with Gasteiger partial charge in [-0.15, -0.1) is 0 Å². The molecule has 0 spiro atoms. The van der Waals surface area contributed by atoms with Gasteiger partial charge < -0.3 is 4.74 Å². The SMILES string of the molecule is CCOC(C1CCCCC1)C(NN)c1cc(C)ccc1F. The van der Waals surface area contributed by atoms with Gasteiger partial charge in [-0.1, -0.05) is 37.0 Å². The maximum Gasteiger partial charge on any atom is 0.128 e. The van der Waals surface area contributed by atoms with Crippen molar-refractivity contribution < 1.29 is 9.13 Å². The molecule has 1 saturated carbocycles. The van der Waals surface area contributed by atoms with Crippen LogP contribution < -0.4 is 11.3 Å². The van der Waals surface area contributed by atoms with Crippen LogP contribution in [-0.4, -0.2) is 12.7 Å². The third kappa shape index (κ3) is 4.02. The van der Waals surface area contributed by atoms with Gasteiger partial charge in [0.05, 0.1) is 12.1 Å². The Labute approximate surface area is 127 Å². The molecule has 1 aromatic carbocycles. The first-order valence-electron chi connectivity index (χ1n) is 8.01. The van der Waals surface area contributed by atoms with Crippen molar-refractivity contribution in [3.8, 4) is 0 Å². The maximum atomic E-state index is 14.2. The molecule has 0 amide bonds. The van der Waals surface area contributed by atoms with Gasteiger partial charge in [0.2, 0.25) is 0 Å². The highest BCUT2D eigenvalue weighted by Crippen LogP contribution is 2.35. The van der Waals surface area contributed by atoms with Gasteiger partial charge in [0.1, 0.15) is 5.82 Å². The molecule has 2 rings (SSSR count). The van der Waals surface area contributed by atoms with Gasteiger partial charge in [-0.2, -0.15) is 0 Å². The molecular formula is C17H27FN2O. The van der Waals surface area contributed by atoms with Crippen molar-refractivity contribution in [3.05, 3.63) is 35.1 Å². The van der Waals surface area contributed by atoms with E-state index < -0.39 is 0 Å². The standard InChI is InChI=1S/C17H27FN2O/c1-3-21-17(13-7-5-4-6-8-13)16(20-19)14-11-12(2)9-10-15(14)18/h9-11,13,16-17,20H,3-8,19H2,1-2H3. The summed E-state index contributed by atoms with van der Waals surface area (Å²) in [5, 5.41) is 0. The Balaban J connectivity index is 2.27. The molecule has 21 heavy (non-hydrogen) atoms. The van der Waals surface area contributed by atoms with Crippen molar-refractivity contribution in [2.24, 2.45) is 11.8 Å².